The number of esters is 1. The Labute approximate surface area is 131 Å². The quantitative estimate of drug-likeness (QED) is 0.459. The van der Waals surface area contributed by atoms with E-state index in [-0.39, 0.29) is 5.57 Å². The van der Waals surface area contributed by atoms with Crippen molar-refractivity contribution in [2.24, 2.45) is 0 Å². The van der Waals surface area contributed by atoms with Crippen molar-refractivity contribution in [1.29, 1.82) is 10.5 Å². The van der Waals surface area contributed by atoms with Crippen LogP contribution in [0.15, 0.2) is 11.6 Å². The zero-order valence-corrected chi connectivity index (χ0v) is 13.5. The maximum atomic E-state index is 11.9. The van der Waals surface area contributed by atoms with Gasteiger partial charge in [0.25, 0.3) is 0 Å². The summed E-state index contributed by atoms with van der Waals surface area (Å²) in [4.78, 5) is 11.9. The first-order valence-corrected chi connectivity index (χ1v) is 7.33. The fraction of sp³-hybridized carbons (Fsp3) is 0.471. The molecule has 0 amide bonds. The summed E-state index contributed by atoms with van der Waals surface area (Å²) in [6.45, 7) is 8.48. The number of rotatable bonds is 6. The molecule has 1 atom stereocenters. The van der Waals surface area contributed by atoms with Crippen molar-refractivity contribution in [3.8, 4) is 12.1 Å². The third-order valence-corrected chi connectivity index (χ3v) is 3.45. The molecule has 116 valence electrons. The van der Waals surface area contributed by atoms with Crippen LogP contribution in [0.1, 0.15) is 43.6 Å². The lowest BCUT2D eigenvalue weighted by atomic mass is 10.1. The van der Waals surface area contributed by atoms with Gasteiger partial charge in [0.05, 0.1) is 0 Å². The molecule has 1 aromatic heterocycles. The van der Waals surface area contributed by atoms with Crippen LogP contribution in [0.25, 0.3) is 6.08 Å². The van der Waals surface area contributed by atoms with Crippen LogP contribution in [0.5, 0.6) is 0 Å². The van der Waals surface area contributed by atoms with E-state index in [0.717, 1.165) is 36.3 Å². The van der Waals surface area contributed by atoms with E-state index < -0.39 is 12.1 Å². The van der Waals surface area contributed by atoms with Crippen LogP contribution in [-0.2, 0) is 16.1 Å². The number of ether oxygens (including phenoxy) is 1. The molecule has 0 unspecified atom stereocenters. The molecule has 0 saturated heterocycles. The van der Waals surface area contributed by atoms with Crippen LogP contribution in [0.2, 0.25) is 0 Å². The van der Waals surface area contributed by atoms with Crippen molar-refractivity contribution in [2.75, 3.05) is 0 Å². The zero-order chi connectivity index (χ0) is 16.7. The van der Waals surface area contributed by atoms with Crippen molar-refractivity contribution >= 4 is 12.0 Å². The van der Waals surface area contributed by atoms with Crippen molar-refractivity contribution < 1.29 is 9.53 Å². The van der Waals surface area contributed by atoms with E-state index >= 15 is 0 Å². The second-order valence-electron chi connectivity index (χ2n) is 5.18. The Hall–Kier alpha value is -2.53. The molecule has 0 aliphatic heterocycles. The first-order valence-electron chi connectivity index (χ1n) is 7.33. The van der Waals surface area contributed by atoms with E-state index in [1.807, 2.05) is 26.0 Å². The number of carbonyl (C=O) groups excluding carboxylic acids is 1. The molecule has 22 heavy (non-hydrogen) atoms. The SMILES string of the molecule is CCCCn1c(C)cc(/C=C(\C#N)C(=O)O[C@H](C)C#N)c1C. The van der Waals surface area contributed by atoms with E-state index in [0.29, 0.717) is 0 Å². The second-order valence-corrected chi connectivity index (χ2v) is 5.18. The lowest BCUT2D eigenvalue weighted by molar-refractivity contribution is -0.140. The van der Waals surface area contributed by atoms with Gasteiger partial charge in [-0.1, -0.05) is 13.3 Å². The number of nitrogens with zero attached hydrogens (tertiary/aromatic N) is 3. The second kappa shape index (κ2) is 8.05. The van der Waals surface area contributed by atoms with Gasteiger partial charge in [-0.2, -0.15) is 10.5 Å². The highest BCUT2D eigenvalue weighted by molar-refractivity contribution is 5.98. The van der Waals surface area contributed by atoms with Gasteiger partial charge >= 0.3 is 5.97 Å². The monoisotopic (exact) mass is 299 g/mol. The minimum atomic E-state index is -0.874. The van der Waals surface area contributed by atoms with Gasteiger partial charge in [-0.25, -0.2) is 4.79 Å². The average Bonchev–Trinajstić information content (AvgIpc) is 2.76. The summed E-state index contributed by atoms with van der Waals surface area (Å²) in [5, 5.41) is 17.8. The molecule has 0 aliphatic rings. The summed E-state index contributed by atoms with van der Waals surface area (Å²) in [5.74, 6) is -0.769. The van der Waals surface area contributed by atoms with Gasteiger partial charge in [-0.05, 0) is 44.9 Å². The van der Waals surface area contributed by atoms with Crippen LogP contribution >= 0.6 is 0 Å². The molecule has 0 radical (unpaired) electrons. The number of hydrogen-bond acceptors (Lipinski definition) is 4. The van der Waals surface area contributed by atoms with Crippen molar-refractivity contribution in [2.45, 2.75) is 53.2 Å². The lowest BCUT2D eigenvalue weighted by Crippen LogP contribution is -2.14. The normalized spacial score (nSPS) is 12.4. The van der Waals surface area contributed by atoms with Gasteiger partial charge in [-0.15, -0.1) is 0 Å². The molecule has 1 heterocycles. The fourth-order valence-electron chi connectivity index (χ4n) is 2.18. The highest BCUT2D eigenvalue weighted by atomic mass is 16.5. The third-order valence-electron chi connectivity index (χ3n) is 3.45. The Bertz CT molecular complexity index is 657. The molecule has 0 spiro atoms. The Morgan fingerprint density at radius 3 is 2.68 bits per heavy atom. The van der Waals surface area contributed by atoms with Gasteiger partial charge in [0, 0.05) is 17.9 Å². The van der Waals surface area contributed by atoms with E-state index in [4.69, 9.17) is 15.3 Å². The summed E-state index contributed by atoms with van der Waals surface area (Å²) in [7, 11) is 0. The van der Waals surface area contributed by atoms with Crippen LogP contribution in [0, 0.1) is 36.5 Å². The van der Waals surface area contributed by atoms with E-state index in [9.17, 15) is 4.79 Å². The van der Waals surface area contributed by atoms with Crippen LogP contribution in [0.3, 0.4) is 0 Å². The average molecular weight is 299 g/mol. The number of aryl methyl sites for hydroxylation is 1. The maximum absolute atomic E-state index is 11.9. The van der Waals surface area contributed by atoms with Crippen molar-refractivity contribution in [1.82, 2.24) is 4.57 Å². The van der Waals surface area contributed by atoms with Crippen molar-refractivity contribution in [3.63, 3.8) is 0 Å². The van der Waals surface area contributed by atoms with E-state index in [1.165, 1.54) is 13.0 Å². The Balaban J connectivity index is 3.07. The first-order chi connectivity index (χ1) is 10.4. The number of carbonyl (C=O) groups is 1. The summed E-state index contributed by atoms with van der Waals surface area (Å²) in [6, 6.07) is 5.60. The first kappa shape index (κ1) is 17.5. The summed E-state index contributed by atoms with van der Waals surface area (Å²) >= 11 is 0. The molecule has 5 heteroatoms. The van der Waals surface area contributed by atoms with Gasteiger partial charge < -0.3 is 9.30 Å². The highest BCUT2D eigenvalue weighted by Gasteiger charge is 2.16. The predicted molar refractivity (Wildman–Crippen MR) is 83.6 cm³/mol. The third kappa shape index (κ3) is 4.23. The van der Waals surface area contributed by atoms with Gasteiger partial charge in [0.2, 0.25) is 0 Å². The van der Waals surface area contributed by atoms with Gasteiger partial charge in [0.15, 0.2) is 6.10 Å². The minimum absolute atomic E-state index is 0.0992. The Morgan fingerprint density at radius 1 is 1.45 bits per heavy atom. The zero-order valence-electron chi connectivity index (χ0n) is 13.5. The molecule has 0 saturated carbocycles. The topological polar surface area (TPSA) is 78.8 Å². The standard InChI is InChI=1S/C17H21N3O2/c1-5-6-7-20-12(2)8-15(14(20)4)9-16(11-19)17(21)22-13(3)10-18/h8-9,13H,5-7H2,1-4H3/b16-9+/t13-/m1/s1. The molecule has 0 bridgehead atoms. The molecule has 0 fully saturated rings. The summed E-state index contributed by atoms with van der Waals surface area (Å²) in [5.41, 5.74) is 2.83. The van der Waals surface area contributed by atoms with Gasteiger partial charge in [-0.3, -0.25) is 0 Å². The molecular weight excluding hydrogens is 278 g/mol. The molecular formula is C17H21N3O2. The lowest BCUT2D eigenvalue weighted by Gasteiger charge is -2.08. The van der Waals surface area contributed by atoms with Crippen LogP contribution in [0.4, 0.5) is 0 Å². The number of unbranched alkanes of at least 4 members (excludes halogenated alkanes) is 1. The Morgan fingerprint density at radius 2 is 2.14 bits per heavy atom. The molecule has 5 nitrogen and oxygen atoms in total. The number of hydrogen-bond donors (Lipinski definition) is 0. The summed E-state index contributed by atoms with van der Waals surface area (Å²) in [6.07, 6.45) is 2.83. The highest BCUT2D eigenvalue weighted by Crippen LogP contribution is 2.19. The molecule has 0 N–H and O–H groups in total. The predicted octanol–water partition coefficient (Wildman–Crippen LogP) is 3.27. The van der Waals surface area contributed by atoms with Gasteiger partial charge in [0.1, 0.15) is 17.7 Å². The Kier molecular flexibility index (Phi) is 6.41. The number of nitriles is 2. The molecule has 1 rings (SSSR count). The summed E-state index contributed by atoms with van der Waals surface area (Å²) < 4.78 is 7.04. The van der Waals surface area contributed by atoms with E-state index in [1.54, 1.807) is 6.07 Å². The molecule has 1 aromatic rings. The van der Waals surface area contributed by atoms with Crippen LogP contribution in [-0.4, -0.2) is 16.6 Å². The maximum Gasteiger partial charge on any atom is 0.350 e. The molecule has 0 aromatic carbocycles. The molecule has 0 aliphatic carbocycles. The van der Waals surface area contributed by atoms with Crippen LogP contribution < -0.4 is 0 Å². The van der Waals surface area contributed by atoms with E-state index in [2.05, 4.69) is 11.5 Å². The minimum Gasteiger partial charge on any atom is -0.443 e. The van der Waals surface area contributed by atoms with Crippen molar-refractivity contribution in [3.05, 3.63) is 28.6 Å². The fourth-order valence-corrected chi connectivity index (χ4v) is 2.18. The number of aromatic nitrogens is 1. The smallest absolute Gasteiger partial charge is 0.350 e. The largest absolute Gasteiger partial charge is 0.443 e.